The first-order valence-electron chi connectivity index (χ1n) is 15.9. The van der Waals surface area contributed by atoms with Gasteiger partial charge in [0.05, 0.1) is 0 Å². The molecular weight excluding hydrogens is 529 g/mol. The molecule has 1 fully saturated rings. The van der Waals surface area contributed by atoms with Gasteiger partial charge in [-0.05, 0) is 57.9 Å². The minimum atomic E-state index is 0.0736. The lowest BCUT2D eigenvalue weighted by molar-refractivity contribution is -0.735. The van der Waals surface area contributed by atoms with Crippen molar-refractivity contribution in [3.63, 3.8) is 0 Å². The standard InChI is InChI=1S/C39H40N2S/c1-39(2)32-16-8-9-17-35(32)42-36-18-10-15-31(37(36)39)38-40-33(26-12-4-3-5-13-26)24-34(41-38)28-21-22-30-27(23-28)20-19-25-11-6-7-14-29(25)30/h3-15,17-18,21-23,25,27,32-34,38,40-41H,16,19-20,24H2,1-2H3/p+1. The van der Waals surface area contributed by atoms with E-state index >= 15 is 0 Å². The molecule has 0 radical (unpaired) electrons. The average Bonchev–Trinajstić information content (AvgIpc) is 3.04. The molecule has 8 rings (SSSR count). The summed E-state index contributed by atoms with van der Waals surface area (Å²) >= 11 is 2.00. The fourth-order valence-corrected chi connectivity index (χ4v) is 10.1. The van der Waals surface area contributed by atoms with Crippen LogP contribution in [0.15, 0.2) is 136 Å². The second-order valence-corrected chi connectivity index (χ2v) is 14.5. The number of rotatable bonds is 3. The number of fused-ring (bicyclic) bond motifs is 4. The molecule has 212 valence electrons. The van der Waals surface area contributed by atoms with Crippen molar-refractivity contribution in [1.82, 2.24) is 5.32 Å². The van der Waals surface area contributed by atoms with Crippen LogP contribution in [0.4, 0.5) is 0 Å². The van der Waals surface area contributed by atoms with Gasteiger partial charge in [-0.25, -0.2) is 0 Å². The van der Waals surface area contributed by atoms with Crippen molar-refractivity contribution in [2.24, 2.45) is 17.8 Å². The molecule has 3 N–H and O–H groups in total. The first-order valence-corrected chi connectivity index (χ1v) is 16.7. The summed E-state index contributed by atoms with van der Waals surface area (Å²) in [5, 5.41) is 6.78. The average molecular weight is 570 g/mol. The highest BCUT2D eigenvalue weighted by atomic mass is 32.2. The lowest BCUT2D eigenvalue weighted by atomic mass is 9.68. The Balaban J connectivity index is 1.17. The van der Waals surface area contributed by atoms with Crippen LogP contribution >= 0.6 is 11.8 Å². The first kappa shape index (κ1) is 26.5. The largest absolute Gasteiger partial charge is 0.321 e. The fourth-order valence-electron chi connectivity index (χ4n) is 8.50. The molecule has 2 aromatic carbocycles. The molecule has 1 saturated heterocycles. The lowest BCUT2D eigenvalue weighted by Crippen LogP contribution is -2.96. The number of allylic oxidation sites excluding steroid dienone is 12. The Morgan fingerprint density at radius 3 is 2.64 bits per heavy atom. The van der Waals surface area contributed by atoms with E-state index in [-0.39, 0.29) is 11.6 Å². The van der Waals surface area contributed by atoms with Crippen molar-refractivity contribution >= 4 is 11.8 Å². The van der Waals surface area contributed by atoms with Crippen LogP contribution in [-0.4, -0.2) is 6.04 Å². The van der Waals surface area contributed by atoms with Gasteiger partial charge in [-0.15, -0.1) is 0 Å². The summed E-state index contributed by atoms with van der Waals surface area (Å²) in [7, 11) is 0. The van der Waals surface area contributed by atoms with E-state index in [1.807, 2.05) is 11.8 Å². The van der Waals surface area contributed by atoms with Crippen molar-refractivity contribution in [3.8, 4) is 0 Å². The van der Waals surface area contributed by atoms with Gasteiger partial charge in [0.2, 0.25) is 0 Å². The molecule has 0 aromatic heterocycles. The summed E-state index contributed by atoms with van der Waals surface area (Å²) in [6.07, 6.45) is 28.6. The zero-order valence-corrected chi connectivity index (χ0v) is 25.5. The van der Waals surface area contributed by atoms with E-state index in [2.05, 4.69) is 134 Å². The van der Waals surface area contributed by atoms with Crippen molar-refractivity contribution < 1.29 is 5.32 Å². The van der Waals surface area contributed by atoms with E-state index < -0.39 is 0 Å². The molecule has 0 saturated carbocycles. The molecule has 0 spiro atoms. The summed E-state index contributed by atoms with van der Waals surface area (Å²) in [6, 6.07) is 18.9. The predicted molar refractivity (Wildman–Crippen MR) is 175 cm³/mol. The molecule has 3 heteroatoms. The Morgan fingerprint density at radius 1 is 0.881 bits per heavy atom. The minimum absolute atomic E-state index is 0.0736. The van der Waals surface area contributed by atoms with Gasteiger partial charge in [0.25, 0.3) is 0 Å². The van der Waals surface area contributed by atoms with E-state index in [9.17, 15) is 0 Å². The third-order valence-corrected chi connectivity index (χ3v) is 11.9. The van der Waals surface area contributed by atoms with Gasteiger partial charge < -0.3 is 5.32 Å². The Labute approximate surface area is 255 Å². The number of quaternary nitrogens is 1. The quantitative estimate of drug-likeness (QED) is 0.391. The Kier molecular flexibility index (Phi) is 6.66. The number of nitrogens with one attached hydrogen (secondary N) is 1. The number of hydrogen-bond donors (Lipinski definition) is 2. The van der Waals surface area contributed by atoms with Crippen LogP contribution in [-0.2, 0) is 5.41 Å². The topological polar surface area (TPSA) is 28.6 Å². The molecule has 6 unspecified atom stereocenters. The Morgan fingerprint density at radius 2 is 1.74 bits per heavy atom. The minimum Gasteiger partial charge on any atom is -0.321 e. The van der Waals surface area contributed by atoms with Crippen LogP contribution in [0.5, 0.6) is 0 Å². The van der Waals surface area contributed by atoms with Crippen molar-refractivity contribution in [2.45, 2.75) is 68.1 Å². The van der Waals surface area contributed by atoms with Crippen LogP contribution in [0.1, 0.15) is 68.4 Å². The number of hydrogen-bond acceptors (Lipinski definition) is 2. The van der Waals surface area contributed by atoms with Crippen molar-refractivity contribution in [3.05, 3.63) is 148 Å². The van der Waals surface area contributed by atoms with Crippen molar-refractivity contribution in [2.75, 3.05) is 0 Å². The van der Waals surface area contributed by atoms with E-state index in [1.54, 1.807) is 11.1 Å². The van der Waals surface area contributed by atoms with Gasteiger partial charge in [0.15, 0.2) is 6.17 Å². The molecule has 6 atom stereocenters. The monoisotopic (exact) mass is 569 g/mol. The second-order valence-electron chi connectivity index (χ2n) is 13.4. The van der Waals surface area contributed by atoms with Gasteiger partial charge in [-0.1, -0.05) is 129 Å². The Bertz CT molecular complexity index is 1610. The first-order chi connectivity index (χ1) is 20.6. The predicted octanol–water partition coefficient (Wildman–Crippen LogP) is 8.14. The molecule has 2 aliphatic heterocycles. The van der Waals surface area contributed by atoms with E-state index in [1.165, 1.54) is 44.9 Å². The van der Waals surface area contributed by atoms with Gasteiger partial charge in [0.1, 0.15) is 6.04 Å². The van der Waals surface area contributed by atoms with Crippen LogP contribution in [0, 0.1) is 17.8 Å². The maximum Gasteiger partial charge on any atom is 0.167 e. The van der Waals surface area contributed by atoms with E-state index in [0.29, 0.717) is 29.8 Å². The third kappa shape index (κ3) is 4.49. The summed E-state index contributed by atoms with van der Waals surface area (Å²) in [6.45, 7) is 4.96. The molecule has 2 nitrogen and oxygen atoms in total. The van der Waals surface area contributed by atoms with Gasteiger partial charge in [-0.2, -0.15) is 0 Å². The zero-order chi connectivity index (χ0) is 28.3. The molecule has 2 aromatic rings. The molecule has 2 heterocycles. The zero-order valence-electron chi connectivity index (χ0n) is 24.7. The molecule has 0 bridgehead atoms. The molecule has 0 amide bonds. The molecule has 4 aliphatic carbocycles. The SMILES string of the molecule is CC1(C)c2c(cccc2C2NC(c3ccccc3)CC(C3=CC4CCC5C=CC=CC5=C4C=C3)[NH2+]2)SC2=CC=CCC21. The summed E-state index contributed by atoms with van der Waals surface area (Å²) in [5.41, 5.74) is 9.07. The van der Waals surface area contributed by atoms with Gasteiger partial charge in [0, 0.05) is 46.2 Å². The highest BCUT2D eigenvalue weighted by Gasteiger charge is 2.45. The van der Waals surface area contributed by atoms with E-state index in [0.717, 1.165) is 12.8 Å². The molecule has 6 aliphatic rings. The molecular formula is C39H41N2S+. The summed E-state index contributed by atoms with van der Waals surface area (Å²) in [4.78, 5) is 2.96. The van der Waals surface area contributed by atoms with Crippen LogP contribution in [0.25, 0.3) is 0 Å². The summed E-state index contributed by atoms with van der Waals surface area (Å²) < 4.78 is 0. The van der Waals surface area contributed by atoms with Gasteiger partial charge in [-0.3, -0.25) is 5.32 Å². The van der Waals surface area contributed by atoms with Crippen LogP contribution in [0.2, 0.25) is 0 Å². The number of benzene rings is 2. The van der Waals surface area contributed by atoms with Crippen LogP contribution in [0.3, 0.4) is 0 Å². The maximum absolute atomic E-state index is 4.14. The smallest absolute Gasteiger partial charge is 0.167 e. The maximum atomic E-state index is 4.14. The summed E-state index contributed by atoms with van der Waals surface area (Å²) in [5.74, 6) is 1.67. The van der Waals surface area contributed by atoms with Crippen molar-refractivity contribution in [1.29, 1.82) is 0 Å². The lowest BCUT2D eigenvalue weighted by Gasteiger charge is -2.45. The highest BCUT2D eigenvalue weighted by molar-refractivity contribution is 8.03. The van der Waals surface area contributed by atoms with Gasteiger partial charge >= 0.3 is 0 Å². The highest BCUT2D eigenvalue weighted by Crippen LogP contribution is 2.55. The Hall–Kier alpha value is -3.11. The van der Waals surface area contributed by atoms with Crippen LogP contribution < -0.4 is 10.6 Å². The number of thioether (sulfide) groups is 1. The second kappa shape index (κ2) is 10.6. The normalized spacial score (nSPS) is 32.3. The number of nitrogens with two attached hydrogens (primary N) is 1. The third-order valence-electron chi connectivity index (χ3n) is 10.7. The molecule has 42 heavy (non-hydrogen) atoms. The fraction of sp³-hybridized carbons (Fsp3) is 0.333. The van der Waals surface area contributed by atoms with E-state index in [4.69, 9.17) is 0 Å².